The quantitative estimate of drug-likeness (QED) is 0.772. The number of anilines is 2. The van der Waals surface area contributed by atoms with Crippen molar-refractivity contribution in [1.29, 1.82) is 0 Å². The predicted molar refractivity (Wildman–Crippen MR) is 102 cm³/mol. The molecule has 0 saturated heterocycles. The highest BCUT2D eigenvalue weighted by Gasteiger charge is 2.11. The first kappa shape index (κ1) is 19.2. The molecule has 6 nitrogen and oxygen atoms in total. The van der Waals surface area contributed by atoms with Crippen molar-refractivity contribution in [2.45, 2.75) is 27.7 Å². The zero-order chi connectivity index (χ0) is 19.3. The lowest BCUT2D eigenvalue weighted by atomic mass is 10.1. The van der Waals surface area contributed by atoms with Crippen LogP contribution in [0, 0.1) is 20.8 Å². The fourth-order valence-corrected chi connectivity index (χ4v) is 2.76. The minimum Gasteiger partial charge on any atom is -0.343 e. The molecule has 0 unspecified atom stereocenters. The highest BCUT2D eigenvalue weighted by atomic mass is 16.2. The van der Waals surface area contributed by atoms with Crippen LogP contribution in [0.2, 0.25) is 0 Å². The topological polar surface area (TPSA) is 87.3 Å². The van der Waals surface area contributed by atoms with Gasteiger partial charge in [0, 0.05) is 23.9 Å². The highest BCUT2D eigenvalue weighted by molar-refractivity contribution is 6.00. The first-order valence-corrected chi connectivity index (χ1v) is 8.30. The van der Waals surface area contributed by atoms with Crippen LogP contribution >= 0.6 is 0 Å². The molecule has 0 aromatic heterocycles. The fourth-order valence-electron chi connectivity index (χ4n) is 2.76. The molecule has 6 heteroatoms. The van der Waals surface area contributed by atoms with Gasteiger partial charge in [0.25, 0.3) is 5.91 Å². The second-order valence-electron chi connectivity index (χ2n) is 6.27. The minimum atomic E-state index is -0.385. The second kappa shape index (κ2) is 8.29. The lowest BCUT2D eigenvalue weighted by Gasteiger charge is -2.13. The van der Waals surface area contributed by atoms with E-state index >= 15 is 0 Å². The molecular formula is C20H23N3O3. The predicted octanol–water partition coefficient (Wildman–Crippen LogP) is 2.94. The second-order valence-corrected chi connectivity index (χ2v) is 6.27. The summed E-state index contributed by atoms with van der Waals surface area (Å²) in [5, 5.41) is 8.04. The van der Waals surface area contributed by atoms with E-state index in [0.29, 0.717) is 11.3 Å². The molecule has 0 fully saturated rings. The summed E-state index contributed by atoms with van der Waals surface area (Å²) in [7, 11) is 0. The summed E-state index contributed by atoms with van der Waals surface area (Å²) in [6, 6.07) is 10.5. The first-order valence-electron chi connectivity index (χ1n) is 8.30. The van der Waals surface area contributed by atoms with Gasteiger partial charge in [-0.1, -0.05) is 23.8 Å². The standard InChI is InChI=1S/C20H23N3O3/c1-12-8-13(2)19(14(3)9-12)23-18(25)11-21-20(26)16-6-5-7-17(10-16)22-15(4)24/h5-10H,11H2,1-4H3,(H,21,26)(H,22,24)(H,23,25). The van der Waals surface area contributed by atoms with Crippen molar-refractivity contribution in [1.82, 2.24) is 5.32 Å². The van der Waals surface area contributed by atoms with Gasteiger partial charge in [-0.2, -0.15) is 0 Å². The van der Waals surface area contributed by atoms with Gasteiger partial charge in [0.1, 0.15) is 0 Å². The van der Waals surface area contributed by atoms with E-state index in [1.165, 1.54) is 6.92 Å². The van der Waals surface area contributed by atoms with Crippen LogP contribution < -0.4 is 16.0 Å². The van der Waals surface area contributed by atoms with Gasteiger partial charge in [0.2, 0.25) is 11.8 Å². The molecule has 0 aliphatic rings. The van der Waals surface area contributed by atoms with E-state index < -0.39 is 0 Å². The molecular weight excluding hydrogens is 330 g/mol. The highest BCUT2D eigenvalue weighted by Crippen LogP contribution is 2.21. The summed E-state index contributed by atoms with van der Waals surface area (Å²) in [5.74, 6) is -0.901. The van der Waals surface area contributed by atoms with Gasteiger partial charge < -0.3 is 16.0 Å². The van der Waals surface area contributed by atoms with Crippen molar-refractivity contribution in [3.63, 3.8) is 0 Å². The van der Waals surface area contributed by atoms with Gasteiger partial charge in [-0.05, 0) is 50.1 Å². The fraction of sp³-hybridized carbons (Fsp3) is 0.250. The zero-order valence-electron chi connectivity index (χ0n) is 15.4. The summed E-state index contributed by atoms with van der Waals surface area (Å²) in [5.41, 5.74) is 4.75. The Morgan fingerprint density at radius 2 is 1.58 bits per heavy atom. The lowest BCUT2D eigenvalue weighted by molar-refractivity contribution is -0.115. The number of carbonyl (C=O) groups excluding carboxylic acids is 3. The maximum atomic E-state index is 12.2. The number of hydrogen-bond acceptors (Lipinski definition) is 3. The van der Waals surface area contributed by atoms with Gasteiger partial charge >= 0.3 is 0 Å². The van der Waals surface area contributed by atoms with Crippen LogP contribution in [-0.4, -0.2) is 24.3 Å². The third kappa shape index (κ3) is 5.17. The summed E-state index contributed by atoms with van der Waals surface area (Å²) in [6.45, 7) is 7.12. The van der Waals surface area contributed by atoms with E-state index in [0.717, 1.165) is 22.4 Å². The van der Waals surface area contributed by atoms with Crippen molar-refractivity contribution in [3.8, 4) is 0 Å². The molecule has 0 aliphatic carbocycles. The van der Waals surface area contributed by atoms with Crippen LogP contribution in [0.5, 0.6) is 0 Å². The van der Waals surface area contributed by atoms with Crippen molar-refractivity contribution in [3.05, 3.63) is 58.7 Å². The molecule has 0 bridgehead atoms. The molecule has 2 rings (SSSR count). The monoisotopic (exact) mass is 353 g/mol. The number of benzene rings is 2. The normalized spacial score (nSPS) is 10.2. The Morgan fingerprint density at radius 1 is 0.923 bits per heavy atom. The largest absolute Gasteiger partial charge is 0.343 e. The molecule has 136 valence electrons. The Hall–Kier alpha value is -3.15. The van der Waals surface area contributed by atoms with E-state index in [4.69, 9.17) is 0 Å². The third-order valence-electron chi connectivity index (χ3n) is 3.80. The van der Waals surface area contributed by atoms with Crippen LogP contribution in [0.3, 0.4) is 0 Å². The van der Waals surface area contributed by atoms with Crippen molar-refractivity contribution in [2.75, 3.05) is 17.2 Å². The Bertz CT molecular complexity index is 836. The van der Waals surface area contributed by atoms with Gasteiger partial charge in [-0.15, -0.1) is 0 Å². The zero-order valence-corrected chi connectivity index (χ0v) is 15.4. The summed E-state index contributed by atoms with van der Waals surface area (Å²) in [6.07, 6.45) is 0. The average Bonchev–Trinajstić information content (AvgIpc) is 2.55. The number of nitrogens with one attached hydrogen (secondary N) is 3. The van der Waals surface area contributed by atoms with E-state index in [9.17, 15) is 14.4 Å². The Labute approximate surface area is 153 Å². The van der Waals surface area contributed by atoms with Gasteiger partial charge in [-0.25, -0.2) is 0 Å². The van der Waals surface area contributed by atoms with Crippen molar-refractivity contribution in [2.24, 2.45) is 0 Å². The maximum Gasteiger partial charge on any atom is 0.251 e. The van der Waals surface area contributed by atoms with Crippen molar-refractivity contribution < 1.29 is 14.4 Å². The van der Waals surface area contributed by atoms with Crippen LogP contribution in [0.1, 0.15) is 34.0 Å². The molecule has 3 N–H and O–H groups in total. The molecule has 3 amide bonds. The number of rotatable bonds is 5. The molecule has 2 aromatic rings. The number of aryl methyl sites for hydroxylation is 3. The van der Waals surface area contributed by atoms with E-state index in [-0.39, 0.29) is 24.3 Å². The van der Waals surface area contributed by atoms with Crippen molar-refractivity contribution >= 4 is 29.1 Å². The van der Waals surface area contributed by atoms with E-state index in [1.54, 1.807) is 24.3 Å². The number of carbonyl (C=O) groups is 3. The van der Waals surface area contributed by atoms with E-state index in [2.05, 4.69) is 16.0 Å². The summed E-state index contributed by atoms with van der Waals surface area (Å²) >= 11 is 0. The molecule has 2 aromatic carbocycles. The molecule has 0 heterocycles. The molecule has 0 atom stereocenters. The molecule has 0 radical (unpaired) electrons. The molecule has 0 saturated carbocycles. The van der Waals surface area contributed by atoms with Gasteiger partial charge in [-0.3, -0.25) is 14.4 Å². The van der Waals surface area contributed by atoms with Crippen LogP contribution in [0.25, 0.3) is 0 Å². The Kier molecular flexibility index (Phi) is 6.11. The molecule has 0 spiro atoms. The number of amides is 3. The van der Waals surface area contributed by atoms with Crippen LogP contribution in [0.4, 0.5) is 11.4 Å². The Balaban J connectivity index is 1.97. The number of hydrogen-bond donors (Lipinski definition) is 3. The smallest absolute Gasteiger partial charge is 0.251 e. The van der Waals surface area contributed by atoms with Gasteiger partial charge in [0.05, 0.1) is 6.54 Å². The van der Waals surface area contributed by atoms with E-state index in [1.807, 2.05) is 32.9 Å². The minimum absolute atomic E-state index is 0.143. The van der Waals surface area contributed by atoms with Crippen LogP contribution in [-0.2, 0) is 9.59 Å². The van der Waals surface area contributed by atoms with Crippen LogP contribution in [0.15, 0.2) is 36.4 Å². The SMILES string of the molecule is CC(=O)Nc1cccc(C(=O)NCC(=O)Nc2c(C)cc(C)cc2C)c1. The summed E-state index contributed by atoms with van der Waals surface area (Å²) < 4.78 is 0. The average molecular weight is 353 g/mol. The third-order valence-corrected chi connectivity index (χ3v) is 3.80. The molecule has 26 heavy (non-hydrogen) atoms. The molecule has 0 aliphatic heterocycles. The van der Waals surface area contributed by atoms with Gasteiger partial charge in [0.15, 0.2) is 0 Å². The summed E-state index contributed by atoms with van der Waals surface area (Å²) in [4.78, 5) is 35.5. The first-order chi connectivity index (χ1) is 12.3. The lowest BCUT2D eigenvalue weighted by Crippen LogP contribution is -2.33. The Morgan fingerprint density at radius 3 is 2.19 bits per heavy atom. The maximum absolute atomic E-state index is 12.2.